The van der Waals surface area contributed by atoms with E-state index in [-0.39, 0.29) is 12.6 Å². The Morgan fingerprint density at radius 1 is 1.17 bits per heavy atom. The summed E-state index contributed by atoms with van der Waals surface area (Å²) in [5, 5.41) is 15.6. The monoisotopic (exact) mass is 348 g/mol. The molecule has 1 atom stereocenters. The van der Waals surface area contributed by atoms with Crippen molar-refractivity contribution in [2.45, 2.75) is 12.5 Å². The standard InChI is InChI=1S/C18H21ClN2O3/c1-24-16-8-2-13(3-9-16)10-11-20-18(23)21-17(12-22)14-4-6-15(19)7-5-14/h2-9,17,22H,10-12H2,1H3,(H2,20,21,23). The second-order valence-corrected chi connectivity index (χ2v) is 5.72. The molecule has 0 spiro atoms. The summed E-state index contributed by atoms with van der Waals surface area (Å²) in [5.74, 6) is 0.804. The predicted octanol–water partition coefficient (Wildman–Crippen LogP) is 2.92. The van der Waals surface area contributed by atoms with Gasteiger partial charge in [-0.25, -0.2) is 4.79 Å². The van der Waals surface area contributed by atoms with E-state index in [2.05, 4.69) is 10.6 Å². The van der Waals surface area contributed by atoms with E-state index in [1.54, 1.807) is 31.4 Å². The number of aliphatic hydroxyl groups is 1. The summed E-state index contributed by atoms with van der Waals surface area (Å²) in [5.41, 5.74) is 1.90. The van der Waals surface area contributed by atoms with Gasteiger partial charge < -0.3 is 20.5 Å². The zero-order valence-corrected chi connectivity index (χ0v) is 14.2. The lowest BCUT2D eigenvalue weighted by Gasteiger charge is -2.17. The Bertz CT molecular complexity index is 644. The average Bonchev–Trinajstić information content (AvgIpc) is 2.61. The van der Waals surface area contributed by atoms with Gasteiger partial charge in [-0.15, -0.1) is 0 Å². The molecular formula is C18H21ClN2O3. The van der Waals surface area contributed by atoms with Crippen molar-refractivity contribution in [3.63, 3.8) is 0 Å². The number of nitrogens with one attached hydrogen (secondary N) is 2. The smallest absolute Gasteiger partial charge is 0.315 e. The van der Waals surface area contributed by atoms with Gasteiger partial charge in [-0.1, -0.05) is 35.9 Å². The normalized spacial score (nSPS) is 11.6. The van der Waals surface area contributed by atoms with Crippen molar-refractivity contribution in [1.82, 2.24) is 10.6 Å². The van der Waals surface area contributed by atoms with Gasteiger partial charge in [0.1, 0.15) is 5.75 Å². The highest BCUT2D eigenvalue weighted by Gasteiger charge is 2.13. The molecule has 2 aromatic carbocycles. The number of hydrogen-bond donors (Lipinski definition) is 3. The number of halogens is 1. The molecule has 2 rings (SSSR count). The number of hydrogen-bond acceptors (Lipinski definition) is 3. The summed E-state index contributed by atoms with van der Waals surface area (Å²) in [6, 6.07) is 13.9. The number of ether oxygens (including phenoxy) is 1. The van der Waals surface area contributed by atoms with Crippen LogP contribution in [-0.4, -0.2) is 31.4 Å². The van der Waals surface area contributed by atoms with Gasteiger partial charge in [-0.05, 0) is 41.8 Å². The summed E-state index contributed by atoms with van der Waals surface area (Å²) in [6.07, 6.45) is 0.710. The highest BCUT2D eigenvalue weighted by Crippen LogP contribution is 2.16. The van der Waals surface area contributed by atoms with E-state index in [4.69, 9.17) is 16.3 Å². The Labute approximate surface area is 146 Å². The highest BCUT2D eigenvalue weighted by atomic mass is 35.5. The number of aliphatic hydroxyl groups excluding tert-OH is 1. The van der Waals surface area contributed by atoms with Gasteiger partial charge in [-0.3, -0.25) is 0 Å². The molecule has 0 saturated carbocycles. The van der Waals surface area contributed by atoms with Gasteiger partial charge >= 0.3 is 6.03 Å². The lowest BCUT2D eigenvalue weighted by atomic mass is 10.1. The first-order valence-corrected chi connectivity index (χ1v) is 8.04. The molecule has 128 valence electrons. The van der Waals surface area contributed by atoms with Crippen LogP contribution in [0.3, 0.4) is 0 Å². The van der Waals surface area contributed by atoms with Crippen LogP contribution in [-0.2, 0) is 6.42 Å². The molecule has 0 fully saturated rings. The number of carbonyl (C=O) groups excluding carboxylic acids is 1. The molecule has 6 heteroatoms. The van der Waals surface area contributed by atoms with Crippen LogP contribution in [0.1, 0.15) is 17.2 Å². The van der Waals surface area contributed by atoms with E-state index < -0.39 is 6.04 Å². The Hall–Kier alpha value is -2.24. The van der Waals surface area contributed by atoms with Crippen LogP contribution in [0.5, 0.6) is 5.75 Å². The molecule has 0 saturated heterocycles. The highest BCUT2D eigenvalue weighted by molar-refractivity contribution is 6.30. The summed E-state index contributed by atoms with van der Waals surface area (Å²) in [7, 11) is 1.62. The Balaban J connectivity index is 1.79. The van der Waals surface area contributed by atoms with Gasteiger partial charge in [0.25, 0.3) is 0 Å². The minimum atomic E-state index is -0.469. The van der Waals surface area contributed by atoms with Crippen molar-refractivity contribution in [2.75, 3.05) is 20.3 Å². The molecule has 0 heterocycles. The first-order chi connectivity index (χ1) is 11.6. The second kappa shape index (κ2) is 9.15. The predicted molar refractivity (Wildman–Crippen MR) is 94.5 cm³/mol. The van der Waals surface area contributed by atoms with Gasteiger partial charge in [0.05, 0.1) is 19.8 Å². The third-order valence-electron chi connectivity index (χ3n) is 3.62. The lowest BCUT2D eigenvalue weighted by Crippen LogP contribution is -2.40. The number of carbonyl (C=O) groups is 1. The molecular weight excluding hydrogens is 328 g/mol. The fourth-order valence-corrected chi connectivity index (χ4v) is 2.38. The number of methoxy groups -OCH3 is 1. The van der Waals surface area contributed by atoms with Gasteiger partial charge in [-0.2, -0.15) is 0 Å². The molecule has 24 heavy (non-hydrogen) atoms. The van der Waals surface area contributed by atoms with Crippen LogP contribution in [0.2, 0.25) is 5.02 Å². The number of urea groups is 1. The fourth-order valence-electron chi connectivity index (χ4n) is 2.25. The summed E-state index contributed by atoms with van der Waals surface area (Å²) in [6.45, 7) is 0.310. The summed E-state index contributed by atoms with van der Waals surface area (Å²) < 4.78 is 5.11. The molecule has 0 aliphatic rings. The van der Waals surface area contributed by atoms with Crippen LogP contribution in [0.25, 0.3) is 0 Å². The Morgan fingerprint density at radius 2 is 1.83 bits per heavy atom. The molecule has 3 N–H and O–H groups in total. The van der Waals surface area contributed by atoms with Crippen molar-refractivity contribution >= 4 is 17.6 Å². The largest absolute Gasteiger partial charge is 0.497 e. The third kappa shape index (κ3) is 5.44. The van der Waals surface area contributed by atoms with Crippen molar-refractivity contribution in [1.29, 1.82) is 0 Å². The van der Waals surface area contributed by atoms with Crippen LogP contribution in [0.4, 0.5) is 4.79 Å². The quantitative estimate of drug-likeness (QED) is 0.720. The number of rotatable bonds is 7. The molecule has 2 amide bonds. The molecule has 0 aliphatic heterocycles. The zero-order chi connectivity index (χ0) is 17.4. The van der Waals surface area contributed by atoms with E-state index in [1.165, 1.54) is 0 Å². The van der Waals surface area contributed by atoms with Crippen LogP contribution in [0, 0.1) is 0 Å². The van der Waals surface area contributed by atoms with Crippen molar-refractivity contribution in [3.05, 3.63) is 64.7 Å². The minimum absolute atomic E-state index is 0.187. The molecule has 0 aliphatic carbocycles. The molecule has 0 bridgehead atoms. The van der Waals surface area contributed by atoms with Crippen LogP contribution < -0.4 is 15.4 Å². The number of benzene rings is 2. The SMILES string of the molecule is COc1ccc(CCNC(=O)NC(CO)c2ccc(Cl)cc2)cc1. The minimum Gasteiger partial charge on any atom is -0.497 e. The van der Waals surface area contributed by atoms with Crippen LogP contribution in [0.15, 0.2) is 48.5 Å². The first kappa shape index (κ1) is 18.1. The Kier molecular flexibility index (Phi) is 6.90. The lowest BCUT2D eigenvalue weighted by molar-refractivity contribution is 0.217. The van der Waals surface area contributed by atoms with E-state index in [0.717, 1.165) is 16.9 Å². The summed E-state index contributed by atoms with van der Waals surface area (Å²) in [4.78, 5) is 12.0. The first-order valence-electron chi connectivity index (χ1n) is 7.66. The van der Waals surface area contributed by atoms with E-state index >= 15 is 0 Å². The van der Waals surface area contributed by atoms with Gasteiger partial charge in [0, 0.05) is 11.6 Å². The van der Waals surface area contributed by atoms with E-state index in [0.29, 0.717) is 18.0 Å². The Morgan fingerprint density at radius 3 is 2.42 bits per heavy atom. The summed E-state index contributed by atoms with van der Waals surface area (Å²) >= 11 is 5.84. The van der Waals surface area contributed by atoms with E-state index in [1.807, 2.05) is 24.3 Å². The van der Waals surface area contributed by atoms with Crippen molar-refractivity contribution < 1.29 is 14.6 Å². The molecule has 0 aromatic heterocycles. The molecule has 5 nitrogen and oxygen atoms in total. The van der Waals surface area contributed by atoms with Gasteiger partial charge in [0.2, 0.25) is 0 Å². The maximum absolute atomic E-state index is 12.0. The number of amides is 2. The zero-order valence-electron chi connectivity index (χ0n) is 13.5. The maximum Gasteiger partial charge on any atom is 0.315 e. The molecule has 1 unspecified atom stereocenters. The van der Waals surface area contributed by atoms with Crippen molar-refractivity contribution in [3.8, 4) is 5.75 Å². The van der Waals surface area contributed by atoms with Crippen LogP contribution >= 0.6 is 11.6 Å². The third-order valence-corrected chi connectivity index (χ3v) is 3.87. The fraction of sp³-hybridized carbons (Fsp3) is 0.278. The van der Waals surface area contributed by atoms with E-state index in [9.17, 15) is 9.90 Å². The maximum atomic E-state index is 12.0. The molecule has 0 radical (unpaired) electrons. The molecule has 2 aromatic rings. The second-order valence-electron chi connectivity index (χ2n) is 5.29. The van der Waals surface area contributed by atoms with Gasteiger partial charge in [0.15, 0.2) is 0 Å². The van der Waals surface area contributed by atoms with Crippen molar-refractivity contribution in [2.24, 2.45) is 0 Å². The topological polar surface area (TPSA) is 70.6 Å². The average molecular weight is 349 g/mol.